The lowest BCUT2D eigenvalue weighted by atomic mass is 10.0. The third-order valence-corrected chi connectivity index (χ3v) is 10.3. The first-order chi connectivity index (χ1) is 12.8. The molecule has 0 bridgehead atoms. The van der Waals surface area contributed by atoms with Gasteiger partial charge in [0.05, 0.1) is 0 Å². The molecule has 2 aromatic rings. The Balaban J connectivity index is 1.78. The molecule has 1 heteroatoms. The summed E-state index contributed by atoms with van der Waals surface area (Å²) in [5, 5.41) is 3.27. The largest absolute Gasteiger partial charge is 0.113 e. The predicted molar refractivity (Wildman–Crippen MR) is 123 cm³/mol. The molecule has 4 rings (SSSR count). The highest BCUT2D eigenvalue weighted by molar-refractivity contribution is 7.01. The van der Waals surface area contributed by atoms with Crippen LogP contribution in [0.15, 0.2) is 47.5 Å². The molecular weight excluding hydrogens is 340 g/mol. The zero-order valence-electron chi connectivity index (χ0n) is 17.7. The van der Waals surface area contributed by atoms with E-state index in [9.17, 15) is 0 Å². The van der Waals surface area contributed by atoms with Gasteiger partial charge in [0, 0.05) is 0 Å². The van der Waals surface area contributed by atoms with Crippen molar-refractivity contribution in [1.82, 2.24) is 0 Å². The van der Waals surface area contributed by atoms with Crippen LogP contribution in [0.4, 0.5) is 0 Å². The van der Waals surface area contributed by atoms with Crippen molar-refractivity contribution in [2.45, 2.75) is 53.6 Å². The second-order valence-corrected chi connectivity index (χ2v) is 13.8. The SMILES string of the molecule is CC(C)C1=Cc2cccc([Si](C)(C)c3cccc4c3CC(C(C)C)=C4)c2C1. The first kappa shape index (κ1) is 18.5. The van der Waals surface area contributed by atoms with E-state index in [1.165, 1.54) is 11.1 Å². The molecule has 0 N–H and O–H groups in total. The van der Waals surface area contributed by atoms with Crippen molar-refractivity contribution >= 4 is 30.6 Å². The van der Waals surface area contributed by atoms with Crippen LogP contribution >= 0.6 is 0 Å². The van der Waals surface area contributed by atoms with Crippen LogP contribution in [0.3, 0.4) is 0 Å². The average Bonchev–Trinajstić information content (AvgIpc) is 3.24. The first-order valence-electron chi connectivity index (χ1n) is 10.4. The summed E-state index contributed by atoms with van der Waals surface area (Å²) in [4.78, 5) is 0. The standard InChI is InChI=1S/C26H32Si/c1-17(2)21-13-19-9-7-11-25(23(19)15-21)27(5,6)26-12-8-10-20-14-22(18(3)4)16-24(20)26/h7-14,17-18H,15-16H2,1-6H3. The first-order valence-corrected chi connectivity index (χ1v) is 13.4. The van der Waals surface area contributed by atoms with E-state index in [-0.39, 0.29) is 0 Å². The Hall–Kier alpha value is -1.86. The number of hydrogen-bond donors (Lipinski definition) is 0. The van der Waals surface area contributed by atoms with Crippen molar-refractivity contribution in [3.05, 3.63) is 69.8 Å². The maximum atomic E-state index is 2.55. The lowest BCUT2D eigenvalue weighted by Crippen LogP contribution is -2.55. The quantitative estimate of drug-likeness (QED) is 0.604. The van der Waals surface area contributed by atoms with E-state index in [2.05, 4.69) is 89.3 Å². The van der Waals surface area contributed by atoms with Crippen LogP contribution in [-0.4, -0.2) is 8.07 Å². The monoisotopic (exact) mass is 372 g/mol. The van der Waals surface area contributed by atoms with Gasteiger partial charge in [-0.1, -0.05) is 111 Å². The van der Waals surface area contributed by atoms with Crippen molar-refractivity contribution in [2.24, 2.45) is 11.8 Å². The van der Waals surface area contributed by atoms with Gasteiger partial charge in [-0.2, -0.15) is 0 Å². The van der Waals surface area contributed by atoms with Gasteiger partial charge in [-0.25, -0.2) is 0 Å². The average molecular weight is 373 g/mol. The van der Waals surface area contributed by atoms with Gasteiger partial charge in [-0.15, -0.1) is 0 Å². The summed E-state index contributed by atoms with van der Waals surface area (Å²) < 4.78 is 0. The fourth-order valence-electron chi connectivity index (χ4n) is 4.84. The Bertz CT molecular complexity index is 877. The molecule has 0 nitrogen and oxygen atoms in total. The minimum absolute atomic E-state index is 0.633. The predicted octanol–water partition coefficient (Wildman–Crippen LogP) is 5.70. The molecule has 0 saturated heterocycles. The number of hydrogen-bond acceptors (Lipinski definition) is 0. The number of allylic oxidation sites excluding steroid dienone is 2. The molecule has 2 aromatic carbocycles. The van der Waals surface area contributed by atoms with Crippen molar-refractivity contribution in [2.75, 3.05) is 0 Å². The van der Waals surface area contributed by atoms with Gasteiger partial charge in [-0.05, 0) is 46.9 Å². The highest BCUT2D eigenvalue weighted by Crippen LogP contribution is 2.32. The normalized spacial score (nSPS) is 15.9. The molecule has 0 amide bonds. The summed E-state index contributed by atoms with van der Waals surface area (Å²) in [5.74, 6) is 1.27. The Morgan fingerprint density at radius 2 is 1.07 bits per heavy atom. The van der Waals surface area contributed by atoms with Gasteiger partial charge >= 0.3 is 0 Å². The second-order valence-electron chi connectivity index (χ2n) is 9.47. The van der Waals surface area contributed by atoms with Crippen molar-refractivity contribution in [3.8, 4) is 0 Å². The number of rotatable bonds is 4. The second kappa shape index (κ2) is 6.63. The molecule has 0 aromatic heterocycles. The molecule has 2 aliphatic rings. The molecule has 0 atom stereocenters. The van der Waals surface area contributed by atoms with Crippen LogP contribution in [0.25, 0.3) is 12.2 Å². The molecule has 0 aliphatic heterocycles. The van der Waals surface area contributed by atoms with Crippen LogP contribution in [0.5, 0.6) is 0 Å². The Morgan fingerprint density at radius 3 is 1.44 bits per heavy atom. The maximum absolute atomic E-state index is 2.55. The number of benzene rings is 2. The molecule has 27 heavy (non-hydrogen) atoms. The van der Waals surface area contributed by atoms with E-state index in [0.29, 0.717) is 11.8 Å². The molecule has 0 radical (unpaired) electrons. The van der Waals surface area contributed by atoms with Crippen molar-refractivity contribution in [1.29, 1.82) is 0 Å². The lowest BCUT2D eigenvalue weighted by molar-refractivity contribution is 0.755. The summed E-state index contributed by atoms with van der Waals surface area (Å²) in [6.07, 6.45) is 7.18. The Labute approximate surface area is 166 Å². The Morgan fingerprint density at radius 1 is 0.667 bits per heavy atom. The van der Waals surface area contributed by atoms with Crippen LogP contribution in [0, 0.1) is 11.8 Å². The zero-order chi connectivity index (χ0) is 19.3. The van der Waals surface area contributed by atoms with Crippen molar-refractivity contribution in [3.63, 3.8) is 0 Å². The Kier molecular flexibility index (Phi) is 4.54. The molecule has 0 unspecified atom stereocenters. The summed E-state index contributed by atoms with van der Waals surface area (Å²) in [7, 11) is -1.76. The minimum atomic E-state index is -1.76. The van der Waals surface area contributed by atoms with E-state index >= 15 is 0 Å². The summed E-state index contributed by atoms with van der Waals surface area (Å²) in [6, 6.07) is 14.0. The van der Waals surface area contributed by atoms with E-state index in [0.717, 1.165) is 12.8 Å². The lowest BCUT2D eigenvalue weighted by Gasteiger charge is -2.29. The van der Waals surface area contributed by atoms with Gasteiger partial charge in [0.15, 0.2) is 0 Å². The summed E-state index contributed by atoms with van der Waals surface area (Å²) in [5.41, 5.74) is 9.31. The molecule has 0 saturated carbocycles. The smallest absolute Gasteiger partial charge is 0.0627 e. The highest BCUT2D eigenvalue weighted by atomic mass is 28.3. The topological polar surface area (TPSA) is 0 Å². The van der Waals surface area contributed by atoms with E-state index in [1.54, 1.807) is 32.6 Å². The molecule has 0 spiro atoms. The third kappa shape index (κ3) is 3.06. The maximum Gasteiger partial charge on any atom is 0.113 e. The summed E-state index contributed by atoms with van der Waals surface area (Å²) in [6.45, 7) is 14.4. The highest BCUT2D eigenvalue weighted by Gasteiger charge is 2.34. The number of fused-ring (bicyclic) bond motifs is 2. The van der Waals surface area contributed by atoms with E-state index in [4.69, 9.17) is 0 Å². The van der Waals surface area contributed by atoms with Gasteiger partial charge in [0.2, 0.25) is 0 Å². The van der Waals surface area contributed by atoms with E-state index in [1.807, 2.05) is 0 Å². The van der Waals surface area contributed by atoms with Gasteiger partial charge < -0.3 is 0 Å². The summed E-state index contributed by atoms with van der Waals surface area (Å²) >= 11 is 0. The molecule has 0 fully saturated rings. The van der Waals surface area contributed by atoms with Crippen LogP contribution in [0.2, 0.25) is 13.1 Å². The molecule has 2 aliphatic carbocycles. The van der Waals surface area contributed by atoms with Crippen LogP contribution < -0.4 is 10.4 Å². The zero-order valence-corrected chi connectivity index (χ0v) is 18.7. The van der Waals surface area contributed by atoms with Crippen LogP contribution in [-0.2, 0) is 12.8 Å². The third-order valence-electron chi connectivity index (χ3n) is 6.70. The van der Waals surface area contributed by atoms with Gasteiger partial charge in [-0.3, -0.25) is 0 Å². The molecular formula is C26H32Si. The fraction of sp³-hybridized carbons (Fsp3) is 0.385. The van der Waals surface area contributed by atoms with Crippen molar-refractivity contribution < 1.29 is 0 Å². The van der Waals surface area contributed by atoms with Gasteiger partial charge in [0.1, 0.15) is 8.07 Å². The van der Waals surface area contributed by atoms with Crippen LogP contribution in [0.1, 0.15) is 49.9 Å². The molecule has 140 valence electrons. The van der Waals surface area contributed by atoms with E-state index < -0.39 is 8.07 Å². The minimum Gasteiger partial charge on any atom is -0.0627 e. The molecule has 0 heterocycles. The van der Waals surface area contributed by atoms with Gasteiger partial charge in [0.25, 0.3) is 0 Å². The fourth-order valence-corrected chi connectivity index (χ4v) is 8.13.